The number of benzene rings is 2. The van der Waals surface area contributed by atoms with Crippen molar-refractivity contribution >= 4 is 23.3 Å². The number of carbonyl (C=O) groups excluding carboxylic acids is 3. The van der Waals surface area contributed by atoms with Gasteiger partial charge in [0.2, 0.25) is 5.91 Å². The highest BCUT2D eigenvalue weighted by Gasteiger charge is 2.10. The maximum Gasteiger partial charge on any atom is 0.306 e. The van der Waals surface area contributed by atoms with Crippen LogP contribution in [0, 0.1) is 0 Å². The third-order valence-corrected chi connectivity index (χ3v) is 3.95. The molecule has 0 aromatic heterocycles. The normalized spacial score (nSPS) is 10.1. The first kappa shape index (κ1) is 21.0. The molecule has 0 aliphatic rings. The summed E-state index contributed by atoms with van der Waals surface area (Å²) in [5.74, 6) is 0.238. The highest BCUT2D eigenvalue weighted by atomic mass is 16.5. The van der Waals surface area contributed by atoms with Gasteiger partial charge in [-0.3, -0.25) is 14.4 Å². The molecule has 0 bridgehead atoms. The van der Waals surface area contributed by atoms with E-state index in [1.165, 1.54) is 21.1 Å². The summed E-state index contributed by atoms with van der Waals surface area (Å²) in [6.07, 6.45) is 0.0823. The first-order valence-corrected chi connectivity index (χ1v) is 8.70. The molecular weight excluding hydrogens is 362 g/mol. The molecule has 28 heavy (non-hydrogen) atoms. The number of amides is 1. The van der Waals surface area contributed by atoms with Crippen molar-refractivity contribution in [1.82, 2.24) is 0 Å². The third kappa shape index (κ3) is 6.12. The van der Waals surface area contributed by atoms with Gasteiger partial charge in [0, 0.05) is 18.2 Å². The monoisotopic (exact) mass is 385 g/mol. The van der Waals surface area contributed by atoms with Crippen molar-refractivity contribution in [3.8, 4) is 11.5 Å². The van der Waals surface area contributed by atoms with Crippen LogP contribution in [0.1, 0.15) is 35.7 Å². The maximum absolute atomic E-state index is 11.9. The Balaban J connectivity index is 1.96. The van der Waals surface area contributed by atoms with Gasteiger partial charge in [-0.05, 0) is 36.8 Å². The quantitative estimate of drug-likeness (QED) is 0.526. The number of nitrogens with one attached hydrogen (secondary N) is 1. The Bertz CT molecular complexity index is 862. The van der Waals surface area contributed by atoms with Crippen molar-refractivity contribution in [1.29, 1.82) is 0 Å². The number of hydrogen-bond acceptors (Lipinski definition) is 6. The number of ketones is 1. The summed E-state index contributed by atoms with van der Waals surface area (Å²) in [5, 5.41) is 2.74. The molecule has 0 unspecified atom stereocenters. The molecule has 1 N–H and O–H groups in total. The second-order valence-corrected chi connectivity index (χ2v) is 6.03. The minimum absolute atomic E-state index is 0.0310. The minimum Gasteiger partial charge on any atom is -0.496 e. The minimum atomic E-state index is -0.427. The molecule has 0 radical (unpaired) electrons. The largest absolute Gasteiger partial charge is 0.496 e. The van der Waals surface area contributed by atoms with Crippen molar-refractivity contribution in [3.63, 3.8) is 0 Å². The molecule has 7 nitrogen and oxygen atoms in total. The van der Waals surface area contributed by atoms with Crippen LogP contribution in [-0.2, 0) is 20.9 Å². The zero-order valence-corrected chi connectivity index (χ0v) is 16.1. The Morgan fingerprint density at radius 1 is 1.00 bits per heavy atom. The summed E-state index contributed by atoms with van der Waals surface area (Å²) in [7, 11) is 2.78. The predicted octanol–water partition coefficient (Wildman–Crippen LogP) is 3.37. The van der Waals surface area contributed by atoms with Crippen LogP contribution in [0.3, 0.4) is 0 Å². The van der Waals surface area contributed by atoms with Gasteiger partial charge in [0.25, 0.3) is 0 Å². The fourth-order valence-corrected chi connectivity index (χ4v) is 2.50. The second-order valence-electron chi connectivity index (χ2n) is 6.03. The Hall–Kier alpha value is -3.35. The lowest BCUT2D eigenvalue weighted by Crippen LogP contribution is -2.14. The van der Waals surface area contributed by atoms with Gasteiger partial charge in [0.15, 0.2) is 5.78 Å². The summed E-state index contributed by atoms with van der Waals surface area (Å²) in [6.45, 7) is 1.75. The van der Waals surface area contributed by atoms with E-state index in [0.717, 1.165) is 5.56 Å². The van der Waals surface area contributed by atoms with E-state index in [-0.39, 0.29) is 31.1 Å². The molecular formula is C21H23NO6. The van der Waals surface area contributed by atoms with Crippen LogP contribution in [0.2, 0.25) is 0 Å². The number of anilines is 1. The predicted molar refractivity (Wildman–Crippen MR) is 104 cm³/mol. The summed E-state index contributed by atoms with van der Waals surface area (Å²) in [4.78, 5) is 34.6. The van der Waals surface area contributed by atoms with Gasteiger partial charge >= 0.3 is 5.97 Å². The molecule has 2 aromatic carbocycles. The van der Waals surface area contributed by atoms with E-state index in [2.05, 4.69) is 10.1 Å². The molecule has 0 saturated heterocycles. The fourth-order valence-electron chi connectivity index (χ4n) is 2.50. The van der Waals surface area contributed by atoms with Crippen molar-refractivity contribution < 1.29 is 28.6 Å². The molecule has 2 aromatic rings. The number of hydrogen-bond donors (Lipinski definition) is 1. The zero-order chi connectivity index (χ0) is 20.5. The summed E-state index contributed by atoms with van der Waals surface area (Å²) >= 11 is 0. The average molecular weight is 385 g/mol. The molecule has 2 rings (SSSR count). The second kappa shape index (κ2) is 10.1. The van der Waals surface area contributed by atoms with Crippen LogP contribution in [0.15, 0.2) is 42.5 Å². The number of Topliss-reactive ketones (excluding diaryl/α,β-unsaturated/α-hetero) is 1. The van der Waals surface area contributed by atoms with Crippen molar-refractivity contribution in [2.24, 2.45) is 0 Å². The van der Waals surface area contributed by atoms with Crippen molar-refractivity contribution in [2.45, 2.75) is 26.4 Å². The van der Waals surface area contributed by atoms with Gasteiger partial charge in [0.05, 0.1) is 26.2 Å². The van der Waals surface area contributed by atoms with E-state index in [0.29, 0.717) is 22.7 Å². The molecule has 0 saturated carbocycles. The first-order valence-electron chi connectivity index (χ1n) is 8.70. The lowest BCUT2D eigenvalue weighted by Gasteiger charge is -2.11. The molecule has 0 spiro atoms. The molecule has 0 aliphatic heterocycles. The molecule has 0 fully saturated rings. The SMILES string of the molecule is COC(=O)CCC(=O)Nc1cccc(COc2ccc(C(C)=O)c(OC)c2)c1. The van der Waals surface area contributed by atoms with Crippen LogP contribution < -0.4 is 14.8 Å². The Morgan fingerprint density at radius 2 is 1.79 bits per heavy atom. The highest BCUT2D eigenvalue weighted by Crippen LogP contribution is 2.26. The number of esters is 1. The van der Waals surface area contributed by atoms with Crippen LogP contribution >= 0.6 is 0 Å². The lowest BCUT2D eigenvalue weighted by molar-refractivity contribution is -0.141. The van der Waals surface area contributed by atoms with Crippen LogP contribution in [0.5, 0.6) is 11.5 Å². The van der Waals surface area contributed by atoms with Crippen LogP contribution in [0.25, 0.3) is 0 Å². The topological polar surface area (TPSA) is 90.9 Å². The number of rotatable bonds is 9. The van der Waals surface area contributed by atoms with E-state index in [9.17, 15) is 14.4 Å². The van der Waals surface area contributed by atoms with Gasteiger partial charge in [0.1, 0.15) is 18.1 Å². The Kier molecular flexibility index (Phi) is 7.56. The Morgan fingerprint density at radius 3 is 2.46 bits per heavy atom. The standard InChI is InChI=1S/C21H23NO6/c1-14(23)18-8-7-17(12-19(18)26-2)28-13-15-5-4-6-16(11-15)22-20(24)9-10-21(25)27-3/h4-8,11-12H,9-10,13H2,1-3H3,(H,22,24). The van der Waals surface area contributed by atoms with E-state index >= 15 is 0 Å². The van der Waals surface area contributed by atoms with Gasteiger partial charge < -0.3 is 19.5 Å². The number of methoxy groups -OCH3 is 2. The Labute approximate surface area is 163 Å². The smallest absolute Gasteiger partial charge is 0.306 e. The van der Waals surface area contributed by atoms with Crippen LogP contribution in [0.4, 0.5) is 5.69 Å². The molecule has 0 aliphatic carbocycles. The van der Waals surface area contributed by atoms with Gasteiger partial charge in [-0.15, -0.1) is 0 Å². The zero-order valence-electron chi connectivity index (χ0n) is 16.1. The van der Waals surface area contributed by atoms with E-state index < -0.39 is 5.97 Å². The van der Waals surface area contributed by atoms with E-state index in [1.807, 2.05) is 6.07 Å². The summed E-state index contributed by atoms with van der Waals surface area (Å²) in [6, 6.07) is 12.2. The molecule has 0 heterocycles. The highest BCUT2D eigenvalue weighted by molar-refractivity contribution is 5.97. The summed E-state index contributed by atoms with van der Waals surface area (Å²) < 4.78 is 15.5. The molecule has 7 heteroatoms. The first-order chi connectivity index (χ1) is 13.4. The van der Waals surface area contributed by atoms with Gasteiger partial charge in [-0.1, -0.05) is 12.1 Å². The third-order valence-electron chi connectivity index (χ3n) is 3.95. The number of carbonyl (C=O) groups is 3. The summed E-state index contributed by atoms with van der Waals surface area (Å²) in [5.41, 5.74) is 1.95. The maximum atomic E-state index is 11.9. The molecule has 0 atom stereocenters. The van der Waals surface area contributed by atoms with Crippen molar-refractivity contribution in [2.75, 3.05) is 19.5 Å². The van der Waals surface area contributed by atoms with Crippen molar-refractivity contribution in [3.05, 3.63) is 53.6 Å². The number of ether oxygens (including phenoxy) is 3. The van der Waals surface area contributed by atoms with E-state index in [4.69, 9.17) is 9.47 Å². The van der Waals surface area contributed by atoms with Gasteiger partial charge in [-0.25, -0.2) is 0 Å². The lowest BCUT2D eigenvalue weighted by atomic mass is 10.1. The average Bonchev–Trinajstić information content (AvgIpc) is 2.70. The van der Waals surface area contributed by atoms with Crippen LogP contribution in [-0.4, -0.2) is 31.9 Å². The molecule has 1 amide bonds. The van der Waals surface area contributed by atoms with E-state index in [1.54, 1.807) is 36.4 Å². The van der Waals surface area contributed by atoms with Gasteiger partial charge in [-0.2, -0.15) is 0 Å². The molecule has 148 valence electrons. The fraction of sp³-hybridized carbons (Fsp3) is 0.286.